The summed E-state index contributed by atoms with van der Waals surface area (Å²) in [5.41, 5.74) is 5.17. The van der Waals surface area contributed by atoms with Gasteiger partial charge in [0.15, 0.2) is 6.67 Å². The Morgan fingerprint density at radius 1 is 1.20 bits per heavy atom. The van der Waals surface area contributed by atoms with E-state index in [9.17, 15) is 5.11 Å². The molecule has 2 aromatic rings. The van der Waals surface area contributed by atoms with Crippen molar-refractivity contribution in [2.24, 2.45) is 4.99 Å². The van der Waals surface area contributed by atoms with Gasteiger partial charge in [-0.05, 0) is 36.8 Å². The van der Waals surface area contributed by atoms with Gasteiger partial charge in [-0.25, -0.2) is 4.90 Å². The van der Waals surface area contributed by atoms with Gasteiger partial charge >= 0.3 is 0 Å². The van der Waals surface area contributed by atoms with Gasteiger partial charge in [0, 0.05) is 28.0 Å². The molecular weight excluding hydrogens is 334 g/mol. The van der Waals surface area contributed by atoms with Crippen LogP contribution in [0.1, 0.15) is 18.1 Å². The minimum Gasteiger partial charge on any atom is -0.392 e. The fourth-order valence-corrected chi connectivity index (χ4v) is 3.34. The SMILES string of the molecule is CC1=CN(c2cccc(CO)c2)C[NH+]2C=C(c3ccc(Cl)cc3)N=C12. The Hall–Kier alpha value is -2.40. The second-order valence-electron chi connectivity index (χ2n) is 6.29. The number of anilines is 1. The summed E-state index contributed by atoms with van der Waals surface area (Å²) in [6, 6.07) is 15.8. The molecule has 126 valence electrons. The number of nitrogens with zero attached hydrogens (tertiary/aromatic N) is 2. The van der Waals surface area contributed by atoms with Gasteiger partial charge in [-0.2, -0.15) is 4.99 Å². The molecule has 1 unspecified atom stereocenters. The summed E-state index contributed by atoms with van der Waals surface area (Å²) >= 11 is 5.98. The van der Waals surface area contributed by atoms with E-state index in [0.717, 1.165) is 45.6 Å². The Kier molecular flexibility index (Phi) is 4.17. The lowest BCUT2D eigenvalue weighted by Gasteiger charge is -2.28. The van der Waals surface area contributed by atoms with Crippen LogP contribution in [0.3, 0.4) is 0 Å². The van der Waals surface area contributed by atoms with E-state index in [-0.39, 0.29) is 6.61 Å². The van der Waals surface area contributed by atoms with E-state index in [1.165, 1.54) is 4.90 Å². The molecule has 4 nitrogen and oxygen atoms in total. The third-order valence-corrected chi connectivity index (χ3v) is 4.73. The average Bonchev–Trinajstić information content (AvgIpc) is 3.07. The highest BCUT2D eigenvalue weighted by Crippen LogP contribution is 2.23. The van der Waals surface area contributed by atoms with Gasteiger partial charge in [0.05, 0.1) is 6.61 Å². The molecule has 2 aromatic carbocycles. The van der Waals surface area contributed by atoms with Crippen LogP contribution in [-0.2, 0) is 6.61 Å². The van der Waals surface area contributed by atoms with Crippen molar-refractivity contribution in [3.05, 3.63) is 82.7 Å². The lowest BCUT2D eigenvalue weighted by molar-refractivity contribution is -0.742. The standard InChI is InChI=1S/C20H18ClN3O/c1-14-10-23(18-4-2-3-15(9-18)12-25)13-24-11-19(22-20(14)24)16-5-7-17(21)8-6-16/h2-11,25H,12-13H2,1H3/p+1. The van der Waals surface area contributed by atoms with Crippen molar-refractivity contribution in [1.82, 2.24) is 0 Å². The zero-order chi connectivity index (χ0) is 17.4. The van der Waals surface area contributed by atoms with E-state index in [0.29, 0.717) is 0 Å². The van der Waals surface area contributed by atoms with Crippen LogP contribution in [0.15, 0.2) is 71.5 Å². The van der Waals surface area contributed by atoms with E-state index in [4.69, 9.17) is 16.6 Å². The highest BCUT2D eigenvalue weighted by Gasteiger charge is 2.31. The number of aliphatic imine (C=N–C) groups is 1. The third kappa shape index (κ3) is 3.12. The van der Waals surface area contributed by atoms with Crippen LogP contribution in [0.2, 0.25) is 5.02 Å². The maximum Gasteiger partial charge on any atom is 0.237 e. The smallest absolute Gasteiger partial charge is 0.237 e. The number of aliphatic hydroxyl groups excluding tert-OH is 1. The third-order valence-electron chi connectivity index (χ3n) is 4.48. The number of halogens is 1. The monoisotopic (exact) mass is 352 g/mol. The zero-order valence-corrected chi connectivity index (χ0v) is 14.7. The molecule has 0 aliphatic carbocycles. The molecule has 25 heavy (non-hydrogen) atoms. The van der Waals surface area contributed by atoms with E-state index < -0.39 is 0 Å². The van der Waals surface area contributed by atoms with Crippen LogP contribution < -0.4 is 9.80 Å². The fourth-order valence-electron chi connectivity index (χ4n) is 3.21. The topological polar surface area (TPSA) is 40.3 Å². The Balaban J connectivity index is 1.64. The lowest BCUT2D eigenvalue weighted by atomic mass is 10.1. The quantitative estimate of drug-likeness (QED) is 0.891. The van der Waals surface area contributed by atoms with Gasteiger partial charge in [0.1, 0.15) is 11.9 Å². The van der Waals surface area contributed by atoms with Crippen molar-refractivity contribution in [2.75, 3.05) is 11.6 Å². The summed E-state index contributed by atoms with van der Waals surface area (Å²) in [5.74, 6) is 1.06. The Labute approximate surface area is 152 Å². The first kappa shape index (κ1) is 16.1. The van der Waals surface area contributed by atoms with Gasteiger partial charge in [-0.15, -0.1) is 0 Å². The number of hydrogen-bond acceptors (Lipinski definition) is 3. The first-order valence-electron chi connectivity index (χ1n) is 8.22. The summed E-state index contributed by atoms with van der Waals surface area (Å²) in [7, 11) is 0. The van der Waals surface area contributed by atoms with Gasteiger partial charge < -0.3 is 5.11 Å². The van der Waals surface area contributed by atoms with Crippen LogP contribution >= 0.6 is 11.6 Å². The Morgan fingerprint density at radius 3 is 2.76 bits per heavy atom. The summed E-state index contributed by atoms with van der Waals surface area (Å²) in [6.45, 7) is 2.90. The molecule has 2 aliphatic rings. The van der Waals surface area contributed by atoms with Crippen molar-refractivity contribution in [3.8, 4) is 0 Å². The van der Waals surface area contributed by atoms with E-state index >= 15 is 0 Å². The molecule has 0 radical (unpaired) electrons. The van der Waals surface area contributed by atoms with E-state index in [1.54, 1.807) is 0 Å². The molecule has 1 atom stereocenters. The molecule has 4 rings (SSSR count). The molecule has 0 aromatic heterocycles. The van der Waals surface area contributed by atoms with Crippen LogP contribution in [0.5, 0.6) is 0 Å². The summed E-state index contributed by atoms with van der Waals surface area (Å²) in [6.07, 6.45) is 4.27. The van der Waals surface area contributed by atoms with E-state index in [2.05, 4.69) is 30.3 Å². The van der Waals surface area contributed by atoms with Gasteiger partial charge in [-0.1, -0.05) is 35.9 Å². The van der Waals surface area contributed by atoms with Crippen LogP contribution in [-0.4, -0.2) is 17.6 Å². The van der Waals surface area contributed by atoms with Gasteiger partial charge in [0.2, 0.25) is 5.84 Å². The minimum atomic E-state index is 0.0499. The predicted octanol–water partition coefficient (Wildman–Crippen LogP) is 2.81. The number of aliphatic hydroxyl groups is 1. The molecule has 2 aliphatic heterocycles. The van der Waals surface area contributed by atoms with Crippen LogP contribution in [0.4, 0.5) is 5.69 Å². The summed E-state index contributed by atoms with van der Waals surface area (Å²) in [5, 5.41) is 10.1. The van der Waals surface area contributed by atoms with Crippen molar-refractivity contribution in [3.63, 3.8) is 0 Å². The molecule has 2 N–H and O–H groups in total. The minimum absolute atomic E-state index is 0.0499. The maximum atomic E-state index is 9.37. The molecule has 0 saturated heterocycles. The molecule has 2 heterocycles. The first-order chi connectivity index (χ1) is 12.1. The van der Waals surface area contributed by atoms with Crippen molar-refractivity contribution >= 4 is 28.8 Å². The maximum absolute atomic E-state index is 9.37. The number of rotatable bonds is 3. The second kappa shape index (κ2) is 6.48. The number of amidine groups is 1. The highest BCUT2D eigenvalue weighted by atomic mass is 35.5. The Morgan fingerprint density at radius 2 is 2.00 bits per heavy atom. The van der Waals surface area contributed by atoms with Gasteiger partial charge in [0.25, 0.3) is 0 Å². The molecule has 0 spiro atoms. The fraction of sp³-hybridized carbons (Fsp3) is 0.150. The normalized spacial score (nSPS) is 19.2. The predicted molar refractivity (Wildman–Crippen MR) is 101 cm³/mol. The molecule has 0 saturated carbocycles. The molecule has 0 bridgehead atoms. The molecule has 0 fully saturated rings. The first-order valence-corrected chi connectivity index (χ1v) is 8.59. The molecule has 5 heteroatoms. The van der Waals surface area contributed by atoms with Crippen molar-refractivity contribution < 1.29 is 10.0 Å². The Bertz CT molecular complexity index is 899. The number of hydrogen-bond donors (Lipinski definition) is 2. The van der Waals surface area contributed by atoms with Gasteiger partial charge in [-0.3, -0.25) is 4.90 Å². The average molecular weight is 353 g/mol. The number of nitrogens with one attached hydrogen (secondary N) is 1. The van der Waals surface area contributed by atoms with Crippen molar-refractivity contribution in [2.45, 2.75) is 13.5 Å². The number of fused-ring (bicyclic) bond motifs is 1. The second-order valence-corrected chi connectivity index (χ2v) is 6.73. The van der Waals surface area contributed by atoms with Crippen LogP contribution in [0, 0.1) is 0 Å². The van der Waals surface area contributed by atoms with Crippen LogP contribution in [0.25, 0.3) is 5.70 Å². The number of benzene rings is 2. The molecular formula is C20H19ClN3O+. The summed E-state index contributed by atoms with van der Waals surface area (Å²) < 4.78 is 0. The van der Waals surface area contributed by atoms with Crippen molar-refractivity contribution in [1.29, 1.82) is 0 Å². The zero-order valence-electron chi connectivity index (χ0n) is 13.9. The number of quaternary nitrogens is 1. The van der Waals surface area contributed by atoms with E-state index in [1.807, 2.05) is 42.5 Å². The highest BCUT2D eigenvalue weighted by molar-refractivity contribution is 6.30. The summed E-state index contributed by atoms with van der Waals surface area (Å²) in [4.78, 5) is 8.22. The molecule has 0 amide bonds. The lowest BCUT2D eigenvalue weighted by Crippen LogP contribution is -3.12. The largest absolute Gasteiger partial charge is 0.392 e.